The van der Waals surface area contributed by atoms with Crippen molar-refractivity contribution in [2.75, 3.05) is 11.9 Å². The Morgan fingerprint density at radius 3 is 2.77 bits per heavy atom. The fourth-order valence-corrected chi connectivity index (χ4v) is 3.45. The van der Waals surface area contributed by atoms with Gasteiger partial charge in [0.25, 0.3) is 5.91 Å². The summed E-state index contributed by atoms with van der Waals surface area (Å²) in [6.45, 7) is 3.41. The number of carbonyl (C=O) groups excluding carboxylic acids is 2. The maximum absolute atomic E-state index is 12.3. The van der Waals surface area contributed by atoms with Crippen molar-refractivity contribution in [1.29, 1.82) is 5.26 Å². The molecule has 1 aliphatic rings. The van der Waals surface area contributed by atoms with Gasteiger partial charge in [-0.05, 0) is 38.3 Å². The second-order valence-electron chi connectivity index (χ2n) is 6.45. The minimum atomic E-state index is -0.656. The first-order valence-corrected chi connectivity index (χ1v) is 8.60. The predicted octanol–water partition coefficient (Wildman–Crippen LogP) is 2.61. The molecule has 8 heteroatoms. The molecule has 0 unspecified atom stereocenters. The van der Waals surface area contributed by atoms with E-state index < -0.39 is 18.5 Å². The second kappa shape index (κ2) is 7.44. The first-order valence-electron chi connectivity index (χ1n) is 8.60. The van der Waals surface area contributed by atoms with Crippen LogP contribution in [0, 0.1) is 25.2 Å². The van der Waals surface area contributed by atoms with Gasteiger partial charge in [-0.25, -0.2) is 4.79 Å². The van der Waals surface area contributed by atoms with Crippen LogP contribution in [-0.2, 0) is 9.53 Å². The number of amides is 1. The lowest BCUT2D eigenvalue weighted by Gasteiger charge is -2.19. The minimum absolute atomic E-state index is 0.177. The van der Waals surface area contributed by atoms with Crippen molar-refractivity contribution in [2.24, 2.45) is 0 Å². The van der Waals surface area contributed by atoms with Gasteiger partial charge in [-0.2, -0.15) is 10.4 Å². The van der Waals surface area contributed by atoms with Crippen molar-refractivity contribution in [3.63, 3.8) is 0 Å². The molecular formula is C18H21N5O3. The molecule has 2 N–H and O–H groups in total. The third-order valence-corrected chi connectivity index (χ3v) is 4.87. The van der Waals surface area contributed by atoms with Crippen LogP contribution in [0.2, 0.25) is 0 Å². The molecule has 2 aromatic rings. The van der Waals surface area contributed by atoms with Crippen LogP contribution in [0.15, 0.2) is 12.3 Å². The highest BCUT2D eigenvalue weighted by Gasteiger charge is 2.26. The van der Waals surface area contributed by atoms with E-state index in [1.165, 1.54) is 12.3 Å². The fraction of sp³-hybridized carbons (Fsp3) is 0.444. The number of carbonyl (C=O) groups is 2. The monoisotopic (exact) mass is 355 g/mol. The number of rotatable bonds is 5. The zero-order valence-corrected chi connectivity index (χ0v) is 14.8. The topological polar surface area (TPSA) is 113 Å². The smallest absolute Gasteiger partial charge is 0.356 e. The SMILES string of the molecule is Cc1c(C#N)c(NC(=O)COC(=O)c2ccn[nH]2)n(C2CCCC2)c1C. The van der Waals surface area contributed by atoms with Crippen LogP contribution in [-0.4, -0.2) is 33.2 Å². The van der Waals surface area contributed by atoms with E-state index in [4.69, 9.17) is 4.74 Å². The lowest BCUT2D eigenvalue weighted by molar-refractivity contribution is -0.119. The standard InChI is InChI=1S/C18H21N5O3/c1-11-12(2)23(13-5-3-4-6-13)17(14(11)9-19)21-16(24)10-26-18(25)15-7-8-20-22-15/h7-8,13H,3-6,10H2,1-2H3,(H,20,22)(H,21,24). The molecule has 1 aliphatic carbocycles. The maximum Gasteiger partial charge on any atom is 0.356 e. The Balaban J connectivity index is 1.76. The molecule has 0 aliphatic heterocycles. The number of nitrogens with zero attached hydrogens (tertiary/aromatic N) is 3. The lowest BCUT2D eigenvalue weighted by atomic mass is 10.2. The number of hydrogen-bond acceptors (Lipinski definition) is 5. The number of esters is 1. The normalized spacial score (nSPS) is 14.2. The predicted molar refractivity (Wildman–Crippen MR) is 93.6 cm³/mol. The van der Waals surface area contributed by atoms with E-state index >= 15 is 0 Å². The zero-order chi connectivity index (χ0) is 18.7. The molecule has 136 valence electrons. The van der Waals surface area contributed by atoms with Gasteiger partial charge in [0.2, 0.25) is 0 Å². The number of nitriles is 1. The molecule has 2 heterocycles. The molecule has 0 radical (unpaired) electrons. The van der Waals surface area contributed by atoms with Gasteiger partial charge in [0, 0.05) is 17.9 Å². The van der Waals surface area contributed by atoms with Gasteiger partial charge in [0.05, 0.1) is 5.56 Å². The van der Waals surface area contributed by atoms with Crippen molar-refractivity contribution in [3.8, 4) is 6.07 Å². The number of ether oxygens (including phenoxy) is 1. The number of aromatic nitrogens is 3. The van der Waals surface area contributed by atoms with E-state index in [1.807, 2.05) is 13.8 Å². The number of H-pyrrole nitrogens is 1. The number of hydrogen-bond donors (Lipinski definition) is 2. The second-order valence-corrected chi connectivity index (χ2v) is 6.45. The molecule has 3 rings (SSSR count). The maximum atomic E-state index is 12.3. The van der Waals surface area contributed by atoms with Crippen LogP contribution in [0.3, 0.4) is 0 Å². The highest BCUT2D eigenvalue weighted by molar-refractivity contribution is 5.95. The summed E-state index contributed by atoms with van der Waals surface area (Å²) in [5, 5.41) is 18.4. The molecule has 26 heavy (non-hydrogen) atoms. The lowest BCUT2D eigenvalue weighted by Crippen LogP contribution is -2.24. The Labute approximate surface area is 151 Å². The van der Waals surface area contributed by atoms with Crippen LogP contribution in [0.5, 0.6) is 0 Å². The average molecular weight is 355 g/mol. The Hall–Kier alpha value is -3.08. The summed E-state index contributed by atoms with van der Waals surface area (Å²) in [4.78, 5) is 24.1. The van der Waals surface area contributed by atoms with Gasteiger partial charge in [-0.1, -0.05) is 12.8 Å². The molecule has 0 bridgehead atoms. The fourth-order valence-electron chi connectivity index (χ4n) is 3.45. The molecule has 2 aromatic heterocycles. The third kappa shape index (κ3) is 3.33. The first kappa shape index (κ1) is 17.7. The summed E-state index contributed by atoms with van der Waals surface area (Å²) < 4.78 is 7.03. The summed E-state index contributed by atoms with van der Waals surface area (Å²) in [7, 11) is 0. The van der Waals surface area contributed by atoms with Crippen molar-refractivity contribution < 1.29 is 14.3 Å². The average Bonchev–Trinajstić information content (AvgIpc) is 3.36. The highest BCUT2D eigenvalue weighted by atomic mass is 16.5. The molecule has 0 saturated heterocycles. The zero-order valence-electron chi connectivity index (χ0n) is 14.8. The molecule has 1 fully saturated rings. The molecule has 0 aromatic carbocycles. The van der Waals surface area contributed by atoms with Gasteiger partial charge in [-0.15, -0.1) is 0 Å². The number of anilines is 1. The summed E-state index contributed by atoms with van der Waals surface area (Å²) >= 11 is 0. The van der Waals surface area contributed by atoms with Crippen LogP contribution in [0.1, 0.15) is 59.0 Å². The van der Waals surface area contributed by atoms with E-state index in [0.717, 1.165) is 36.9 Å². The number of nitrogens with one attached hydrogen (secondary N) is 2. The molecule has 0 spiro atoms. The van der Waals surface area contributed by atoms with Gasteiger partial charge < -0.3 is 14.6 Å². The summed E-state index contributed by atoms with van der Waals surface area (Å²) in [5.41, 5.74) is 2.49. The van der Waals surface area contributed by atoms with Crippen molar-refractivity contribution >= 4 is 17.7 Å². The van der Waals surface area contributed by atoms with Crippen LogP contribution in [0.4, 0.5) is 5.82 Å². The highest BCUT2D eigenvalue weighted by Crippen LogP contribution is 2.37. The van der Waals surface area contributed by atoms with E-state index in [1.54, 1.807) is 0 Å². The van der Waals surface area contributed by atoms with Crippen LogP contribution >= 0.6 is 0 Å². The Bertz CT molecular complexity index is 855. The van der Waals surface area contributed by atoms with Crippen LogP contribution < -0.4 is 5.32 Å². The van der Waals surface area contributed by atoms with E-state index in [-0.39, 0.29) is 11.7 Å². The summed E-state index contributed by atoms with van der Waals surface area (Å²) in [6, 6.07) is 3.93. The summed E-state index contributed by atoms with van der Waals surface area (Å²) in [5.74, 6) is -0.639. The summed E-state index contributed by atoms with van der Waals surface area (Å²) in [6.07, 6.45) is 5.75. The minimum Gasteiger partial charge on any atom is -0.451 e. The van der Waals surface area contributed by atoms with Gasteiger partial charge in [-0.3, -0.25) is 9.89 Å². The van der Waals surface area contributed by atoms with Crippen LogP contribution in [0.25, 0.3) is 0 Å². The van der Waals surface area contributed by atoms with E-state index in [9.17, 15) is 14.9 Å². The Morgan fingerprint density at radius 2 is 2.15 bits per heavy atom. The van der Waals surface area contributed by atoms with Gasteiger partial charge in [0.15, 0.2) is 6.61 Å². The molecule has 8 nitrogen and oxygen atoms in total. The largest absolute Gasteiger partial charge is 0.451 e. The van der Waals surface area contributed by atoms with Crippen molar-refractivity contribution in [3.05, 3.63) is 34.8 Å². The molecular weight excluding hydrogens is 334 g/mol. The molecule has 0 atom stereocenters. The van der Waals surface area contributed by atoms with E-state index in [0.29, 0.717) is 11.4 Å². The van der Waals surface area contributed by atoms with E-state index in [2.05, 4.69) is 26.2 Å². The molecule has 1 saturated carbocycles. The molecule has 1 amide bonds. The number of aromatic amines is 1. The quantitative estimate of drug-likeness (QED) is 0.801. The van der Waals surface area contributed by atoms with Gasteiger partial charge in [0.1, 0.15) is 17.6 Å². The van der Waals surface area contributed by atoms with Gasteiger partial charge >= 0.3 is 5.97 Å². The Morgan fingerprint density at radius 1 is 1.42 bits per heavy atom. The Kier molecular flexibility index (Phi) is 5.07. The third-order valence-electron chi connectivity index (χ3n) is 4.87. The van der Waals surface area contributed by atoms with Crippen molar-refractivity contribution in [1.82, 2.24) is 14.8 Å². The first-order chi connectivity index (χ1) is 12.5. The van der Waals surface area contributed by atoms with Crippen molar-refractivity contribution in [2.45, 2.75) is 45.6 Å².